The highest BCUT2D eigenvalue weighted by atomic mass is 16.2. The molecule has 17 heavy (non-hydrogen) atoms. The lowest BCUT2D eigenvalue weighted by Crippen LogP contribution is -2.37. The molecule has 2 rings (SSSR count). The first-order valence-corrected chi connectivity index (χ1v) is 5.57. The van der Waals surface area contributed by atoms with Crippen molar-refractivity contribution in [1.82, 2.24) is 19.8 Å². The average Bonchev–Trinajstić information content (AvgIpc) is 2.59. The van der Waals surface area contributed by atoms with E-state index in [2.05, 4.69) is 36.1 Å². The fourth-order valence-electron chi connectivity index (χ4n) is 1.48. The first kappa shape index (κ1) is 11.8. The van der Waals surface area contributed by atoms with Gasteiger partial charge in [0.1, 0.15) is 0 Å². The highest BCUT2D eigenvalue weighted by Gasteiger charge is 2.21. The number of hydrogen-bond acceptors (Lipinski definition) is 4. The smallest absolute Gasteiger partial charge is 0.327 e. The molecule has 92 valence electrons. The maximum atomic E-state index is 11.4. The normalized spacial score (nSPS) is 14.1. The van der Waals surface area contributed by atoms with Gasteiger partial charge in [-0.15, -0.1) is 0 Å². The van der Waals surface area contributed by atoms with Gasteiger partial charge < -0.3 is 5.73 Å². The van der Waals surface area contributed by atoms with Crippen molar-refractivity contribution in [1.29, 1.82) is 0 Å². The van der Waals surface area contributed by atoms with Gasteiger partial charge in [0, 0.05) is 12.5 Å². The average molecular weight is 235 g/mol. The third kappa shape index (κ3) is 2.36. The number of aromatic amines is 1. The summed E-state index contributed by atoms with van der Waals surface area (Å²) in [5.74, 6) is 0. The van der Waals surface area contributed by atoms with Crippen LogP contribution in [-0.4, -0.2) is 25.9 Å². The maximum Gasteiger partial charge on any atom is 0.364 e. The van der Waals surface area contributed by atoms with E-state index in [0.717, 1.165) is 5.69 Å². The van der Waals surface area contributed by atoms with Crippen molar-refractivity contribution in [3.05, 3.63) is 28.3 Å². The maximum absolute atomic E-state index is 11.4. The molecule has 2 aromatic rings. The van der Waals surface area contributed by atoms with Gasteiger partial charge in [0.15, 0.2) is 5.65 Å². The molecule has 6 nitrogen and oxygen atoms in total. The lowest BCUT2D eigenvalue weighted by molar-refractivity contribution is 0.316. The van der Waals surface area contributed by atoms with Crippen molar-refractivity contribution in [3.8, 4) is 0 Å². The summed E-state index contributed by atoms with van der Waals surface area (Å²) >= 11 is 0. The zero-order valence-electron chi connectivity index (χ0n) is 10.3. The zero-order valence-corrected chi connectivity index (χ0v) is 10.3. The van der Waals surface area contributed by atoms with Gasteiger partial charge in [0.25, 0.3) is 0 Å². The van der Waals surface area contributed by atoms with Gasteiger partial charge in [-0.2, -0.15) is 14.7 Å². The fourth-order valence-corrected chi connectivity index (χ4v) is 1.48. The van der Waals surface area contributed by atoms with Gasteiger partial charge in [0.2, 0.25) is 0 Å². The molecule has 0 saturated carbocycles. The Labute approximate surface area is 98.8 Å². The van der Waals surface area contributed by atoms with Crippen molar-refractivity contribution in [2.45, 2.75) is 33.2 Å². The van der Waals surface area contributed by atoms with E-state index in [-0.39, 0.29) is 17.1 Å². The Hall–Kier alpha value is -1.69. The largest absolute Gasteiger partial charge is 0.364 e. The summed E-state index contributed by atoms with van der Waals surface area (Å²) < 4.78 is 1.25. The Kier molecular flexibility index (Phi) is 2.74. The topological polar surface area (TPSA) is 89.1 Å². The minimum atomic E-state index is -0.328. The minimum absolute atomic E-state index is 0.00458. The number of nitrogens with one attached hydrogen (secondary N) is 1. The quantitative estimate of drug-likeness (QED) is 0.785. The van der Waals surface area contributed by atoms with Crippen molar-refractivity contribution in [2.24, 2.45) is 11.1 Å². The monoisotopic (exact) mass is 235 g/mol. The lowest BCUT2D eigenvalue weighted by Gasteiger charge is -2.26. The molecule has 6 heteroatoms. The Morgan fingerprint density at radius 3 is 2.82 bits per heavy atom. The molecule has 0 aliphatic heterocycles. The van der Waals surface area contributed by atoms with E-state index < -0.39 is 0 Å². The number of aromatic nitrogens is 4. The van der Waals surface area contributed by atoms with Crippen LogP contribution in [0.1, 0.15) is 26.5 Å². The molecule has 0 radical (unpaired) electrons. The molecule has 0 spiro atoms. The van der Waals surface area contributed by atoms with Gasteiger partial charge >= 0.3 is 5.69 Å². The molecule has 0 aromatic carbocycles. The minimum Gasteiger partial charge on any atom is -0.327 e. The van der Waals surface area contributed by atoms with Gasteiger partial charge in [-0.25, -0.2) is 9.89 Å². The van der Waals surface area contributed by atoms with E-state index >= 15 is 0 Å². The number of H-pyrrole nitrogens is 1. The molecule has 2 aromatic heterocycles. The molecular formula is C11H17N5O. The number of hydrogen-bond donors (Lipinski definition) is 2. The third-order valence-corrected chi connectivity index (χ3v) is 2.87. The number of fused-ring (bicyclic) bond motifs is 1. The molecule has 0 amide bonds. The van der Waals surface area contributed by atoms with Crippen LogP contribution in [0.4, 0.5) is 0 Å². The highest BCUT2D eigenvalue weighted by molar-refractivity contribution is 5.34. The highest BCUT2D eigenvalue weighted by Crippen LogP contribution is 2.19. The number of nitrogens with zero attached hydrogens (tertiary/aromatic N) is 3. The van der Waals surface area contributed by atoms with Crippen LogP contribution in [0.3, 0.4) is 0 Å². The fraction of sp³-hybridized carbons (Fsp3) is 0.545. The van der Waals surface area contributed by atoms with E-state index in [1.54, 1.807) is 6.07 Å². The number of nitrogens with two attached hydrogens (primary N) is 1. The van der Waals surface area contributed by atoms with E-state index in [0.29, 0.717) is 12.1 Å². The molecule has 0 bridgehead atoms. The van der Waals surface area contributed by atoms with E-state index in [1.165, 1.54) is 4.52 Å². The molecule has 0 saturated heterocycles. The van der Waals surface area contributed by atoms with Crippen LogP contribution in [0.2, 0.25) is 0 Å². The van der Waals surface area contributed by atoms with Crippen LogP contribution in [0.25, 0.3) is 5.65 Å². The lowest BCUT2D eigenvalue weighted by atomic mass is 9.85. The van der Waals surface area contributed by atoms with Crippen LogP contribution in [-0.2, 0) is 6.42 Å². The first-order valence-electron chi connectivity index (χ1n) is 5.57. The van der Waals surface area contributed by atoms with E-state index in [9.17, 15) is 4.79 Å². The van der Waals surface area contributed by atoms with Crippen LogP contribution >= 0.6 is 0 Å². The molecular weight excluding hydrogens is 218 g/mol. The second kappa shape index (κ2) is 3.96. The second-order valence-corrected chi connectivity index (χ2v) is 5.30. The molecule has 1 unspecified atom stereocenters. The zero-order chi connectivity index (χ0) is 12.6. The predicted octanol–water partition coefficient (Wildman–Crippen LogP) is 0.334. The Morgan fingerprint density at radius 2 is 2.18 bits per heavy atom. The van der Waals surface area contributed by atoms with Gasteiger partial charge in [-0.05, 0) is 17.5 Å². The van der Waals surface area contributed by atoms with E-state index in [4.69, 9.17) is 5.73 Å². The van der Waals surface area contributed by atoms with E-state index in [1.807, 2.05) is 6.07 Å². The predicted molar refractivity (Wildman–Crippen MR) is 64.7 cm³/mol. The van der Waals surface area contributed by atoms with Gasteiger partial charge in [0.05, 0.1) is 5.69 Å². The first-order chi connectivity index (χ1) is 7.88. The van der Waals surface area contributed by atoms with Crippen molar-refractivity contribution >= 4 is 5.65 Å². The van der Waals surface area contributed by atoms with Crippen LogP contribution in [0.5, 0.6) is 0 Å². The molecule has 0 aliphatic carbocycles. The Morgan fingerprint density at radius 1 is 1.47 bits per heavy atom. The van der Waals surface area contributed by atoms with Crippen molar-refractivity contribution in [3.63, 3.8) is 0 Å². The van der Waals surface area contributed by atoms with Gasteiger partial charge in [-0.1, -0.05) is 20.8 Å². The summed E-state index contributed by atoms with van der Waals surface area (Å²) in [4.78, 5) is 11.4. The molecule has 3 N–H and O–H groups in total. The second-order valence-electron chi connectivity index (χ2n) is 5.30. The molecule has 1 atom stereocenters. The van der Waals surface area contributed by atoms with Crippen molar-refractivity contribution in [2.75, 3.05) is 0 Å². The summed E-state index contributed by atoms with van der Waals surface area (Å²) in [7, 11) is 0. The van der Waals surface area contributed by atoms with Crippen LogP contribution < -0.4 is 11.4 Å². The standard InChI is InChI=1S/C11H17N5O/c1-11(2,3)8(12)6-7-4-5-9-13-14-10(17)16(9)15-7/h4-5,8H,6,12H2,1-3H3,(H,14,17). The Balaban J connectivity index is 2.31. The van der Waals surface area contributed by atoms with Crippen LogP contribution in [0, 0.1) is 5.41 Å². The van der Waals surface area contributed by atoms with Crippen LogP contribution in [0.15, 0.2) is 16.9 Å². The summed E-state index contributed by atoms with van der Waals surface area (Å²) in [6.07, 6.45) is 0.636. The molecule has 0 aliphatic rings. The molecule has 0 fully saturated rings. The summed E-state index contributed by atoms with van der Waals surface area (Å²) in [6, 6.07) is 3.60. The third-order valence-electron chi connectivity index (χ3n) is 2.87. The summed E-state index contributed by atoms with van der Waals surface area (Å²) in [5.41, 5.74) is 7.09. The SMILES string of the molecule is CC(C)(C)C(N)Cc1ccc2n[nH]c(=O)n2n1. The number of rotatable bonds is 2. The summed E-state index contributed by atoms with van der Waals surface area (Å²) in [5, 5.41) is 10.4. The molecule has 2 heterocycles. The van der Waals surface area contributed by atoms with Crippen molar-refractivity contribution < 1.29 is 0 Å². The Bertz CT molecular complexity index is 577. The summed E-state index contributed by atoms with van der Waals surface area (Å²) in [6.45, 7) is 6.25. The van der Waals surface area contributed by atoms with Gasteiger partial charge in [-0.3, -0.25) is 0 Å².